The third kappa shape index (κ3) is 3.01. The maximum atomic E-state index is 12.1. The van der Waals surface area contributed by atoms with Crippen molar-refractivity contribution in [2.45, 2.75) is 6.92 Å². The fraction of sp³-hybridized carbons (Fsp3) is 0.158. The lowest BCUT2D eigenvalue weighted by Gasteiger charge is -2.07. The van der Waals surface area contributed by atoms with Crippen molar-refractivity contribution in [3.8, 4) is 11.5 Å². The van der Waals surface area contributed by atoms with Gasteiger partial charge in [0, 0.05) is 5.56 Å². The number of hydrogen-bond donors (Lipinski definition) is 0. The molecule has 2 aromatic rings. The molecule has 0 radical (unpaired) electrons. The fourth-order valence-electron chi connectivity index (χ4n) is 2.44. The molecule has 0 saturated heterocycles. The minimum Gasteiger partial charge on any atom is -0.493 e. The molecule has 0 unspecified atom stereocenters. The van der Waals surface area contributed by atoms with E-state index in [1.807, 2.05) is 37.3 Å². The van der Waals surface area contributed by atoms with Gasteiger partial charge in [-0.25, -0.2) is 9.79 Å². The van der Waals surface area contributed by atoms with Crippen molar-refractivity contribution in [1.82, 2.24) is 0 Å². The van der Waals surface area contributed by atoms with E-state index in [0.29, 0.717) is 17.4 Å². The molecule has 5 heteroatoms. The van der Waals surface area contributed by atoms with Gasteiger partial charge in [0.05, 0.1) is 14.2 Å². The molecule has 3 rings (SSSR count). The van der Waals surface area contributed by atoms with Crippen LogP contribution in [0.3, 0.4) is 0 Å². The van der Waals surface area contributed by atoms with Gasteiger partial charge in [0.1, 0.15) is 0 Å². The molecule has 122 valence electrons. The lowest BCUT2D eigenvalue weighted by molar-refractivity contribution is -0.129. The number of benzene rings is 2. The summed E-state index contributed by atoms with van der Waals surface area (Å²) in [5.74, 6) is 1.06. The second kappa shape index (κ2) is 6.58. The van der Waals surface area contributed by atoms with Gasteiger partial charge in [-0.2, -0.15) is 0 Å². The Morgan fingerprint density at radius 2 is 1.79 bits per heavy atom. The highest BCUT2D eigenvalue weighted by molar-refractivity contribution is 6.13. The summed E-state index contributed by atoms with van der Waals surface area (Å²) in [5, 5.41) is 0. The van der Waals surface area contributed by atoms with Gasteiger partial charge in [0.2, 0.25) is 5.90 Å². The molecule has 1 heterocycles. The largest absolute Gasteiger partial charge is 0.493 e. The number of cyclic esters (lactones) is 1. The first-order valence-corrected chi connectivity index (χ1v) is 7.43. The van der Waals surface area contributed by atoms with Crippen LogP contribution in [0.2, 0.25) is 0 Å². The van der Waals surface area contributed by atoms with Crippen molar-refractivity contribution in [1.29, 1.82) is 0 Å². The fourth-order valence-corrected chi connectivity index (χ4v) is 2.44. The summed E-state index contributed by atoms with van der Waals surface area (Å²) in [6.07, 6.45) is 1.66. The first kappa shape index (κ1) is 15.8. The number of carbonyl (C=O) groups is 1. The highest BCUT2D eigenvalue weighted by Crippen LogP contribution is 2.29. The van der Waals surface area contributed by atoms with Gasteiger partial charge in [-0.1, -0.05) is 24.3 Å². The van der Waals surface area contributed by atoms with E-state index in [9.17, 15) is 4.79 Å². The molecule has 0 N–H and O–H groups in total. The van der Waals surface area contributed by atoms with Crippen LogP contribution in [0.1, 0.15) is 16.7 Å². The van der Waals surface area contributed by atoms with E-state index in [1.165, 1.54) is 0 Å². The number of carbonyl (C=O) groups excluding carboxylic acids is 1. The maximum absolute atomic E-state index is 12.1. The molecule has 0 saturated carbocycles. The average Bonchev–Trinajstić information content (AvgIpc) is 2.95. The monoisotopic (exact) mass is 323 g/mol. The van der Waals surface area contributed by atoms with Crippen LogP contribution >= 0.6 is 0 Å². The summed E-state index contributed by atoms with van der Waals surface area (Å²) in [6, 6.07) is 13.0. The molecule has 0 fully saturated rings. The molecule has 24 heavy (non-hydrogen) atoms. The third-order valence-electron chi connectivity index (χ3n) is 3.71. The van der Waals surface area contributed by atoms with Crippen LogP contribution in [0.5, 0.6) is 11.5 Å². The number of aryl methyl sites for hydroxylation is 1. The number of aliphatic imine (C=N–C) groups is 1. The zero-order chi connectivity index (χ0) is 17.1. The van der Waals surface area contributed by atoms with Gasteiger partial charge in [-0.05, 0) is 42.3 Å². The zero-order valence-corrected chi connectivity index (χ0v) is 13.7. The van der Waals surface area contributed by atoms with Crippen LogP contribution in [0.4, 0.5) is 0 Å². The van der Waals surface area contributed by atoms with E-state index in [2.05, 4.69) is 4.99 Å². The van der Waals surface area contributed by atoms with Gasteiger partial charge >= 0.3 is 5.97 Å². The Kier molecular flexibility index (Phi) is 4.33. The lowest BCUT2D eigenvalue weighted by Crippen LogP contribution is -2.06. The predicted octanol–water partition coefficient (Wildman–Crippen LogP) is 3.36. The number of nitrogens with zero attached hydrogens (tertiary/aromatic N) is 1. The van der Waals surface area contributed by atoms with Crippen molar-refractivity contribution >= 4 is 17.9 Å². The van der Waals surface area contributed by atoms with Crippen LogP contribution in [0, 0.1) is 6.92 Å². The summed E-state index contributed by atoms with van der Waals surface area (Å²) in [6.45, 7) is 1.95. The van der Waals surface area contributed by atoms with Gasteiger partial charge in [-0.15, -0.1) is 0 Å². The molecule has 0 bridgehead atoms. The van der Waals surface area contributed by atoms with Crippen molar-refractivity contribution < 1.29 is 19.0 Å². The minimum atomic E-state index is -0.469. The van der Waals surface area contributed by atoms with Crippen molar-refractivity contribution in [2.75, 3.05) is 14.2 Å². The Morgan fingerprint density at radius 3 is 2.50 bits per heavy atom. The van der Waals surface area contributed by atoms with Gasteiger partial charge in [0.15, 0.2) is 17.2 Å². The quantitative estimate of drug-likeness (QED) is 0.639. The van der Waals surface area contributed by atoms with Crippen molar-refractivity contribution in [3.05, 3.63) is 64.9 Å². The van der Waals surface area contributed by atoms with Crippen LogP contribution in [0.25, 0.3) is 6.08 Å². The maximum Gasteiger partial charge on any atom is 0.363 e. The predicted molar refractivity (Wildman–Crippen MR) is 91.3 cm³/mol. The number of hydrogen-bond acceptors (Lipinski definition) is 5. The standard InChI is InChI=1S/C19H17NO4/c1-12-6-4-5-7-14(12)18-20-15(19(21)24-18)10-13-8-9-16(22-2)17(11-13)23-3/h4-11H,1-3H3/b15-10+. The molecule has 0 amide bonds. The Hall–Kier alpha value is -3.08. The molecule has 0 atom stereocenters. The minimum absolute atomic E-state index is 0.250. The van der Waals surface area contributed by atoms with Crippen LogP contribution in [-0.4, -0.2) is 26.1 Å². The molecule has 5 nitrogen and oxygen atoms in total. The molecule has 1 aliphatic heterocycles. The van der Waals surface area contributed by atoms with E-state index < -0.39 is 5.97 Å². The van der Waals surface area contributed by atoms with Crippen molar-refractivity contribution in [3.63, 3.8) is 0 Å². The second-order valence-corrected chi connectivity index (χ2v) is 5.27. The molecule has 1 aliphatic rings. The second-order valence-electron chi connectivity index (χ2n) is 5.27. The van der Waals surface area contributed by atoms with Crippen LogP contribution < -0.4 is 9.47 Å². The summed E-state index contributed by atoms with van der Waals surface area (Å²) in [4.78, 5) is 16.4. The van der Waals surface area contributed by atoms with E-state index >= 15 is 0 Å². The van der Waals surface area contributed by atoms with E-state index in [4.69, 9.17) is 14.2 Å². The summed E-state index contributed by atoms with van der Waals surface area (Å²) in [5.41, 5.74) is 2.83. The van der Waals surface area contributed by atoms with Crippen LogP contribution in [-0.2, 0) is 9.53 Å². The highest BCUT2D eigenvalue weighted by atomic mass is 16.6. The number of rotatable bonds is 4. The Morgan fingerprint density at radius 1 is 1.04 bits per heavy atom. The topological polar surface area (TPSA) is 57.1 Å². The lowest BCUT2D eigenvalue weighted by atomic mass is 10.1. The smallest absolute Gasteiger partial charge is 0.363 e. The Labute approximate surface area is 140 Å². The highest BCUT2D eigenvalue weighted by Gasteiger charge is 2.25. The van der Waals surface area contributed by atoms with Gasteiger partial charge in [-0.3, -0.25) is 0 Å². The average molecular weight is 323 g/mol. The normalized spacial score (nSPS) is 15.2. The number of ether oxygens (including phenoxy) is 3. The molecular formula is C19H17NO4. The third-order valence-corrected chi connectivity index (χ3v) is 3.71. The van der Waals surface area contributed by atoms with E-state index in [0.717, 1.165) is 16.7 Å². The summed E-state index contributed by atoms with van der Waals surface area (Å²) in [7, 11) is 3.14. The van der Waals surface area contributed by atoms with Crippen LogP contribution in [0.15, 0.2) is 53.2 Å². The summed E-state index contributed by atoms with van der Waals surface area (Å²) >= 11 is 0. The Bertz CT molecular complexity index is 852. The van der Waals surface area contributed by atoms with E-state index in [-0.39, 0.29) is 5.70 Å². The van der Waals surface area contributed by atoms with Gasteiger partial charge < -0.3 is 14.2 Å². The first-order chi connectivity index (χ1) is 11.6. The Balaban J connectivity index is 1.96. The summed E-state index contributed by atoms with van der Waals surface area (Å²) < 4.78 is 15.8. The molecule has 0 aromatic heterocycles. The molecule has 0 aliphatic carbocycles. The van der Waals surface area contributed by atoms with Crippen molar-refractivity contribution in [2.24, 2.45) is 4.99 Å². The number of methoxy groups -OCH3 is 2. The zero-order valence-electron chi connectivity index (χ0n) is 13.7. The number of esters is 1. The molecule has 2 aromatic carbocycles. The first-order valence-electron chi connectivity index (χ1n) is 7.43. The van der Waals surface area contributed by atoms with Gasteiger partial charge in [0.25, 0.3) is 0 Å². The van der Waals surface area contributed by atoms with E-state index in [1.54, 1.807) is 32.4 Å². The molecule has 0 spiro atoms. The molecular weight excluding hydrogens is 306 g/mol. The SMILES string of the molecule is COc1ccc(/C=C2/N=C(c3ccccc3C)OC2=O)cc1OC.